The molecule has 0 radical (unpaired) electrons. The van der Waals surface area contributed by atoms with Crippen LogP contribution in [0.2, 0.25) is 0 Å². The smallest absolute Gasteiger partial charge is 0.286 e. The van der Waals surface area contributed by atoms with Gasteiger partial charge >= 0.3 is 12.1 Å². The van der Waals surface area contributed by atoms with Crippen molar-refractivity contribution in [3.63, 3.8) is 0 Å². The van der Waals surface area contributed by atoms with Crippen LogP contribution < -0.4 is 4.90 Å². The molecule has 1 heterocycles. The van der Waals surface area contributed by atoms with Gasteiger partial charge in [-0.05, 0) is 54.2 Å². The fourth-order valence-corrected chi connectivity index (χ4v) is 5.63. The second-order valence-corrected chi connectivity index (χ2v) is 8.65. The highest BCUT2D eigenvalue weighted by Crippen LogP contribution is 2.65. The molecular weight excluding hydrogens is 397 g/mol. The number of aryl methyl sites for hydroxylation is 1. The number of halogens is 3. The van der Waals surface area contributed by atoms with Crippen molar-refractivity contribution in [2.24, 2.45) is 35.5 Å². The van der Waals surface area contributed by atoms with Crippen LogP contribution in [0.25, 0.3) is 0 Å². The standard InChI is InChI=1S/C22H21F3N2O3/c1-2-11-3-5-12(6-4-11)26(21(30)22(23,24)25)10-27-19(28)17-13-7-8-14(16-9-15(13)16)18(17)20(27)29/h3-8,13-18H,2,9-10H2,1H3/t13-,14-,15-,16-,17-,18+/m0/s1. The number of likely N-dealkylation sites (tertiary alicyclic amines) is 1. The van der Waals surface area contributed by atoms with Crippen LogP contribution in [0.3, 0.4) is 0 Å². The van der Waals surface area contributed by atoms with E-state index < -0.39 is 42.4 Å². The van der Waals surface area contributed by atoms with E-state index in [2.05, 4.69) is 0 Å². The maximum Gasteiger partial charge on any atom is 0.471 e. The fraction of sp³-hybridized carbons (Fsp3) is 0.500. The van der Waals surface area contributed by atoms with Crippen LogP contribution in [0, 0.1) is 35.5 Å². The molecule has 5 nitrogen and oxygen atoms in total. The number of hydrogen-bond acceptors (Lipinski definition) is 3. The number of carbonyl (C=O) groups excluding carboxylic acids is 3. The molecule has 1 aromatic rings. The van der Waals surface area contributed by atoms with E-state index in [1.807, 2.05) is 19.1 Å². The van der Waals surface area contributed by atoms with Crippen LogP contribution in [0.1, 0.15) is 18.9 Å². The molecule has 0 aromatic heterocycles. The minimum absolute atomic E-state index is 0.00828. The number of allylic oxidation sites excluding steroid dienone is 2. The van der Waals surface area contributed by atoms with Crippen LogP contribution in [0.15, 0.2) is 36.4 Å². The third-order valence-corrected chi connectivity index (χ3v) is 7.18. The lowest BCUT2D eigenvalue weighted by atomic mass is 9.63. The summed E-state index contributed by atoms with van der Waals surface area (Å²) in [6, 6.07) is 6.11. The number of nitrogens with zero attached hydrogens (tertiary/aromatic N) is 2. The van der Waals surface area contributed by atoms with E-state index in [-0.39, 0.29) is 17.5 Å². The molecule has 2 saturated carbocycles. The van der Waals surface area contributed by atoms with Crippen LogP contribution in [-0.2, 0) is 20.8 Å². The largest absolute Gasteiger partial charge is 0.471 e. The number of imide groups is 1. The summed E-state index contributed by atoms with van der Waals surface area (Å²) < 4.78 is 39.9. The highest BCUT2D eigenvalue weighted by atomic mass is 19.4. The Morgan fingerprint density at radius 3 is 2.03 bits per heavy atom. The van der Waals surface area contributed by atoms with Crippen molar-refractivity contribution >= 4 is 23.4 Å². The van der Waals surface area contributed by atoms with E-state index in [0.717, 1.165) is 16.9 Å². The van der Waals surface area contributed by atoms with Gasteiger partial charge in [-0.2, -0.15) is 13.2 Å². The monoisotopic (exact) mass is 418 g/mol. The molecule has 3 amide bonds. The lowest BCUT2D eigenvalue weighted by Crippen LogP contribution is -2.49. The summed E-state index contributed by atoms with van der Waals surface area (Å²) in [6.07, 6.45) is 0.564. The van der Waals surface area contributed by atoms with E-state index in [1.165, 1.54) is 12.1 Å². The normalized spacial score (nSPS) is 33.5. The first-order valence-electron chi connectivity index (χ1n) is 10.2. The SMILES string of the molecule is CCc1ccc(N(CN2C(=O)[C@@H]3[C@H]4C=C[C@@H]([C@@H]5C[C@@H]45)[C@@H]3C2=O)C(=O)C(F)(F)F)cc1. The number of rotatable bonds is 4. The lowest BCUT2D eigenvalue weighted by Gasteiger charge is -2.37. The summed E-state index contributed by atoms with van der Waals surface area (Å²) in [4.78, 5) is 39.7. The number of anilines is 1. The van der Waals surface area contributed by atoms with Gasteiger partial charge in [-0.15, -0.1) is 0 Å². The minimum atomic E-state index is -5.12. The lowest BCUT2D eigenvalue weighted by molar-refractivity contribution is -0.171. The van der Waals surface area contributed by atoms with Gasteiger partial charge in [0.1, 0.15) is 6.67 Å². The molecule has 3 fully saturated rings. The molecular formula is C22H21F3N2O3. The third-order valence-electron chi connectivity index (χ3n) is 7.18. The summed E-state index contributed by atoms with van der Waals surface area (Å²) in [5, 5.41) is 0. The highest BCUT2D eigenvalue weighted by Gasteiger charge is 2.67. The van der Waals surface area contributed by atoms with Crippen LogP contribution in [-0.4, -0.2) is 35.5 Å². The van der Waals surface area contributed by atoms with Gasteiger partial charge in [0.15, 0.2) is 0 Å². The van der Waals surface area contributed by atoms with Gasteiger partial charge in [0, 0.05) is 5.69 Å². The first-order chi connectivity index (χ1) is 14.2. The first kappa shape index (κ1) is 19.3. The topological polar surface area (TPSA) is 57.7 Å². The number of hydrogen-bond donors (Lipinski definition) is 0. The second-order valence-electron chi connectivity index (χ2n) is 8.65. The van der Waals surface area contributed by atoms with Crippen molar-refractivity contribution in [3.8, 4) is 0 Å². The average molecular weight is 418 g/mol. The molecule has 1 aliphatic heterocycles. The van der Waals surface area contributed by atoms with E-state index in [4.69, 9.17) is 0 Å². The van der Waals surface area contributed by atoms with Crippen molar-refractivity contribution < 1.29 is 27.6 Å². The number of benzene rings is 1. The van der Waals surface area contributed by atoms with Crippen LogP contribution >= 0.6 is 0 Å². The Hall–Kier alpha value is -2.64. The number of carbonyl (C=O) groups is 3. The van der Waals surface area contributed by atoms with Crippen LogP contribution in [0.4, 0.5) is 18.9 Å². The van der Waals surface area contributed by atoms with Gasteiger partial charge in [-0.1, -0.05) is 31.2 Å². The van der Waals surface area contributed by atoms with E-state index in [0.29, 0.717) is 23.2 Å². The Morgan fingerprint density at radius 2 is 1.57 bits per heavy atom. The Labute approximate surface area is 171 Å². The third kappa shape index (κ3) is 2.72. The van der Waals surface area contributed by atoms with Gasteiger partial charge in [-0.3, -0.25) is 24.2 Å². The zero-order valence-corrected chi connectivity index (χ0v) is 16.3. The molecule has 158 valence electrons. The second kappa shape index (κ2) is 6.43. The molecule has 30 heavy (non-hydrogen) atoms. The molecule has 6 atom stereocenters. The van der Waals surface area contributed by atoms with Gasteiger partial charge in [0.2, 0.25) is 11.8 Å². The zero-order valence-electron chi connectivity index (χ0n) is 16.3. The van der Waals surface area contributed by atoms with E-state index in [9.17, 15) is 27.6 Å². The fourth-order valence-electron chi connectivity index (χ4n) is 5.63. The number of alkyl halides is 3. The Bertz CT molecular complexity index is 919. The Kier molecular flexibility index (Phi) is 4.14. The molecule has 0 N–H and O–H groups in total. The molecule has 1 saturated heterocycles. The van der Waals surface area contributed by atoms with Crippen molar-refractivity contribution in [1.82, 2.24) is 4.90 Å². The first-order valence-corrected chi connectivity index (χ1v) is 10.2. The maximum atomic E-state index is 13.3. The molecule has 0 unspecified atom stereocenters. The average Bonchev–Trinajstić information content (AvgIpc) is 3.51. The molecule has 6 rings (SSSR count). The highest BCUT2D eigenvalue weighted by molar-refractivity contribution is 6.07. The summed E-state index contributed by atoms with van der Waals surface area (Å²) in [5.74, 6) is -3.29. The number of amides is 3. The predicted molar refractivity (Wildman–Crippen MR) is 101 cm³/mol. The van der Waals surface area contributed by atoms with Gasteiger partial charge in [0.05, 0.1) is 11.8 Å². The zero-order chi connectivity index (χ0) is 21.4. The molecule has 8 heteroatoms. The molecule has 1 aromatic carbocycles. The molecule has 4 aliphatic carbocycles. The molecule has 5 aliphatic rings. The van der Waals surface area contributed by atoms with Crippen molar-refractivity contribution in [2.45, 2.75) is 25.9 Å². The molecule has 2 bridgehead atoms. The van der Waals surface area contributed by atoms with E-state index in [1.54, 1.807) is 12.1 Å². The van der Waals surface area contributed by atoms with Crippen molar-refractivity contribution in [1.29, 1.82) is 0 Å². The molecule has 0 spiro atoms. The quantitative estimate of drug-likeness (QED) is 0.558. The summed E-state index contributed by atoms with van der Waals surface area (Å²) in [7, 11) is 0. The van der Waals surface area contributed by atoms with Gasteiger partial charge in [0.25, 0.3) is 0 Å². The Balaban J connectivity index is 1.45. The summed E-state index contributed by atoms with van der Waals surface area (Å²) in [5.41, 5.74) is 0.910. The minimum Gasteiger partial charge on any atom is -0.286 e. The Morgan fingerprint density at radius 1 is 1.03 bits per heavy atom. The van der Waals surface area contributed by atoms with Crippen molar-refractivity contribution in [2.75, 3.05) is 11.6 Å². The predicted octanol–water partition coefficient (Wildman–Crippen LogP) is 3.15. The van der Waals surface area contributed by atoms with E-state index >= 15 is 0 Å². The van der Waals surface area contributed by atoms with Crippen molar-refractivity contribution in [3.05, 3.63) is 42.0 Å². The van der Waals surface area contributed by atoms with Crippen LogP contribution in [0.5, 0.6) is 0 Å². The van der Waals surface area contributed by atoms with Gasteiger partial charge < -0.3 is 0 Å². The van der Waals surface area contributed by atoms with Gasteiger partial charge in [-0.25, -0.2) is 0 Å². The summed E-state index contributed by atoms with van der Waals surface area (Å²) >= 11 is 0. The summed E-state index contributed by atoms with van der Waals surface area (Å²) in [6.45, 7) is 1.19. The maximum absolute atomic E-state index is 13.3.